The van der Waals surface area contributed by atoms with Crippen LogP contribution in [0.25, 0.3) is 0 Å². The van der Waals surface area contributed by atoms with Gasteiger partial charge in [-0.25, -0.2) is 0 Å². The number of hydrogen-bond donors (Lipinski definition) is 0. The molecule has 0 fully saturated rings. The van der Waals surface area contributed by atoms with Crippen LogP contribution in [0.5, 0.6) is 0 Å². The van der Waals surface area contributed by atoms with E-state index in [0.717, 1.165) is 9.26 Å². The molecule has 0 aliphatic heterocycles. The van der Waals surface area contributed by atoms with Gasteiger partial charge in [0.15, 0.2) is 0 Å². The van der Waals surface area contributed by atoms with E-state index in [0.29, 0.717) is 0 Å². The Morgan fingerprint density at radius 3 is 2.50 bits per heavy atom. The highest BCUT2D eigenvalue weighted by molar-refractivity contribution is 14.1. The number of ether oxygens (including phenoxy) is 1. The van der Waals surface area contributed by atoms with Gasteiger partial charge in [0.2, 0.25) is 0 Å². The zero-order valence-corrected chi connectivity index (χ0v) is 9.62. The Hall–Kier alpha value is -0.160. The van der Waals surface area contributed by atoms with Gasteiger partial charge in [-0.2, -0.15) is 0 Å². The van der Waals surface area contributed by atoms with Gasteiger partial charge in [0.1, 0.15) is 5.60 Å². The smallest absolute Gasteiger partial charge is 0.104 e. The molecular formula is C9H12INO. The van der Waals surface area contributed by atoms with E-state index in [9.17, 15) is 0 Å². The van der Waals surface area contributed by atoms with Crippen molar-refractivity contribution >= 4 is 22.6 Å². The van der Waals surface area contributed by atoms with Crippen molar-refractivity contribution in [3.05, 3.63) is 27.6 Å². The second-order valence-corrected chi connectivity index (χ2v) is 4.32. The quantitative estimate of drug-likeness (QED) is 0.775. The lowest BCUT2D eigenvalue weighted by Crippen LogP contribution is -2.20. The SMILES string of the molecule is COC(C)(C)c1ccc(I)cn1. The van der Waals surface area contributed by atoms with Crippen molar-refractivity contribution < 1.29 is 4.74 Å². The molecule has 0 unspecified atom stereocenters. The number of rotatable bonds is 2. The summed E-state index contributed by atoms with van der Waals surface area (Å²) in [4.78, 5) is 4.29. The van der Waals surface area contributed by atoms with Gasteiger partial charge in [0.25, 0.3) is 0 Å². The maximum absolute atomic E-state index is 5.30. The zero-order valence-electron chi connectivity index (χ0n) is 7.47. The predicted octanol–water partition coefficient (Wildman–Crippen LogP) is 2.57. The Balaban J connectivity index is 2.96. The number of pyridine rings is 1. The summed E-state index contributed by atoms with van der Waals surface area (Å²) in [6.45, 7) is 4.00. The van der Waals surface area contributed by atoms with Crippen LogP contribution in [-0.2, 0) is 10.3 Å². The van der Waals surface area contributed by atoms with Gasteiger partial charge < -0.3 is 4.74 Å². The molecule has 0 radical (unpaired) electrons. The monoisotopic (exact) mass is 277 g/mol. The van der Waals surface area contributed by atoms with Crippen LogP contribution in [0, 0.1) is 3.57 Å². The molecule has 12 heavy (non-hydrogen) atoms. The van der Waals surface area contributed by atoms with Crippen molar-refractivity contribution in [3.63, 3.8) is 0 Å². The fourth-order valence-electron chi connectivity index (χ4n) is 0.837. The van der Waals surface area contributed by atoms with Gasteiger partial charge in [-0.1, -0.05) is 0 Å². The molecule has 0 saturated carbocycles. The van der Waals surface area contributed by atoms with Crippen LogP contribution in [0.2, 0.25) is 0 Å². The second-order valence-electron chi connectivity index (χ2n) is 3.08. The first kappa shape index (κ1) is 9.92. The van der Waals surface area contributed by atoms with E-state index < -0.39 is 0 Å². The van der Waals surface area contributed by atoms with Gasteiger partial charge in [-0.15, -0.1) is 0 Å². The van der Waals surface area contributed by atoms with Crippen molar-refractivity contribution in [2.45, 2.75) is 19.4 Å². The molecule has 1 heterocycles. The Morgan fingerprint density at radius 2 is 2.08 bits per heavy atom. The summed E-state index contributed by atoms with van der Waals surface area (Å²) < 4.78 is 6.44. The lowest BCUT2D eigenvalue weighted by atomic mass is 10.0. The standard InChI is InChI=1S/C9H12INO/c1-9(2,12-3)8-5-4-7(10)6-11-8/h4-6H,1-3H3. The van der Waals surface area contributed by atoms with E-state index in [2.05, 4.69) is 27.6 Å². The molecule has 1 aromatic heterocycles. The second kappa shape index (κ2) is 3.70. The van der Waals surface area contributed by atoms with Crippen molar-refractivity contribution in [1.29, 1.82) is 0 Å². The van der Waals surface area contributed by atoms with E-state index in [-0.39, 0.29) is 5.60 Å². The molecule has 0 aromatic carbocycles. The topological polar surface area (TPSA) is 22.1 Å². The molecule has 2 nitrogen and oxygen atoms in total. The van der Waals surface area contributed by atoms with Crippen LogP contribution < -0.4 is 0 Å². The number of nitrogens with zero attached hydrogens (tertiary/aromatic N) is 1. The largest absolute Gasteiger partial charge is 0.373 e. The molecule has 1 aromatic rings. The minimum absolute atomic E-state index is 0.287. The van der Waals surface area contributed by atoms with Crippen LogP contribution in [0.3, 0.4) is 0 Å². The predicted molar refractivity (Wildman–Crippen MR) is 57.0 cm³/mol. The summed E-state index contributed by atoms with van der Waals surface area (Å²) in [5.41, 5.74) is 0.676. The lowest BCUT2D eigenvalue weighted by molar-refractivity contribution is 0.0155. The Morgan fingerprint density at radius 1 is 1.42 bits per heavy atom. The fraction of sp³-hybridized carbons (Fsp3) is 0.444. The number of aromatic nitrogens is 1. The first-order chi connectivity index (χ1) is 5.56. The molecule has 3 heteroatoms. The molecule has 0 saturated heterocycles. The van der Waals surface area contributed by atoms with E-state index in [1.54, 1.807) is 7.11 Å². The highest BCUT2D eigenvalue weighted by atomic mass is 127. The third kappa shape index (κ3) is 2.17. The molecule has 0 aliphatic rings. The maximum Gasteiger partial charge on any atom is 0.104 e. The molecule has 0 aliphatic carbocycles. The number of methoxy groups -OCH3 is 1. The molecule has 0 N–H and O–H groups in total. The van der Waals surface area contributed by atoms with E-state index >= 15 is 0 Å². The van der Waals surface area contributed by atoms with Crippen LogP contribution >= 0.6 is 22.6 Å². The first-order valence-electron chi connectivity index (χ1n) is 3.73. The summed E-state index contributed by atoms with van der Waals surface area (Å²) in [5, 5.41) is 0. The summed E-state index contributed by atoms with van der Waals surface area (Å²) in [6, 6.07) is 4.02. The molecule has 1 rings (SSSR count). The van der Waals surface area contributed by atoms with Crippen LogP contribution in [0.1, 0.15) is 19.5 Å². The highest BCUT2D eigenvalue weighted by Crippen LogP contribution is 2.21. The normalized spacial score (nSPS) is 11.7. The van der Waals surface area contributed by atoms with Crippen molar-refractivity contribution in [2.24, 2.45) is 0 Å². The third-order valence-electron chi connectivity index (χ3n) is 1.85. The van der Waals surface area contributed by atoms with Crippen LogP contribution in [-0.4, -0.2) is 12.1 Å². The summed E-state index contributed by atoms with van der Waals surface area (Å²) in [7, 11) is 1.69. The van der Waals surface area contributed by atoms with E-state index in [1.807, 2.05) is 32.2 Å². The Labute approximate surface area is 86.5 Å². The molecule has 0 atom stereocenters. The summed E-state index contributed by atoms with van der Waals surface area (Å²) >= 11 is 2.23. The summed E-state index contributed by atoms with van der Waals surface area (Å²) in [6.07, 6.45) is 1.84. The van der Waals surface area contributed by atoms with Gasteiger partial charge in [0.05, 0.1) is 5.69 Å². The lowest BCUT2D eigenvalue weighted by Gasteiger charge is -2.21. The van der Waals surface area contributed by atoms with E-state index in [4.69, 9.17) is 4.74 Å². The molecule has 0 spiro atoms. The maximum atomic E-state index is 5.30. The molecule has 66 valence electrons. The van der Waals surface area contributed by atoms with E-state index in [1.165, 1.54) is 0 Å². The van der Waals surface area contributed by atoms with Gasteiger partial charge >= 0.3 is 0 Å². The molecule has 0 amide bonds. The third-order valence-corrected chi connectivity index (χ3v) is 2.49. The molecule has 0 bridgehead atoms. The van der Waals surface area contributed by atoms with Crippen molar-refractivity contribution in [1.82, 2.24) is 4.98 Å². The van der Waals surface area contributed by atoms with Crippen LogP contribution in [0.15, 0.2) is 18.3 Å². The average molecular weight is 277 g/mol. The first-order valence-corrected chi connectivity index (χ1v) is 4.81. The van der Waals surface area contributed by atoms with Gasteiger partial charge in [0, 0.05) is 16.9 Å². The van der Waals surface area contributed by atoms with Gasteiger partial charge in [-0.3, -0.25) is 4.98 Å². The highest BCUT2D eigenvalue weighted by Gasteiger charge is 2.20. The zero-order chi connectivity index (χ0) is 9.19. The minimum atomic E-state index is -0.287. The average Bonchev–Trinajstić information content (AvgIpc) is 2.05. The van der Waals surface area contributed by atoms with Crippen molar-refractivity contribution in [3.8, 4) is 0 Å². The number of hydrogen-bond acceptors (Lipinski definition) is 2. The number of halogens is 1. The minimum Gasteiger partial charge on any atom is -0.373 e. The fourth-order valence-corrected chi connectivity index (χ4v) is 1.16. The Bertz CT molecular complexity index is 256. The van der Waals surface area contributed by atoms with Gasteiger partial charge in [-0.05, 0) is 48.6 Å². The molecular weight excluding hydrogens is 265 g/mol. The Kier molecular flexibility index (Phi) is 3.06. The van der Waals surface area contributed by atoms with Crippen molar-refractivity contribution in [2.75, 3.05) is 7.11 Å². The van der Waals surface area contributed by atoms with Crippen LogP contribution in [0.4, 0.5) is 0 Å². The summed E-state index contributed by atoms with van der Waals surface area (Å²) in [5.74, 6) is 0.